The number of hydrogen-bond acceptors (Lipinski definition) is 4. The van der Waals surface area contributed by atoms with E-state index in [0.717, 1.165) is 38.4 Å². The van der Waals surface area contributed by atoms with Gasteiger partial charge in [0.1, 0.15) is 5.60 Å². The number of carbonyl (C=O) groups is 1. The Morgan fingerprint density at radius 3 is 2.46 bits per heavy atom. The summed E-state index contributed by atoms with van der Waals surface area (Å²) in [5.41, 5.74) is -0.205. The molecule has 3 fully saturated rings. The first-order valence-electron chi connectivity index (χ1n) is 9.48. The lowest BCUT2D eigenvalue weighted by Gasteiger charge is -2.59. The van der Waals surface area contributed by atoms with Crippen LogP contribution in [0.25, 0.3) is 0 Å². The molecule has 4 nitrogen and oxygen atoms in total. The van der Waals surface area contributed by atoms with E-state index in [2.05, 4.69) is 19.9 Å². The fraction of sp³-hybridized carbons (Fsp3) is 0.850. The van der Waals surface area contributed by atoms with E-state index >= 15 is 0 Å². The van der Waals surface area contributed by atoms with E-state index in [1.165, 1.54) is 5.57 Å². The lowest BCUT2D eigenvalue weighted by atomic mass is 9.47. The van der Waals surface area contributed by atoms with E-state index in [4.69, 9.17) is 0 Å². The summed E-state index contributed by atoms with van der Waals surface area (Å²) in [6.07, 6.45) is 9.02. The fourth-order valence-corrected chi connectivity index (χ4v) is 6.88. The van der Waals surface area contributed by atoms with Crippen LogP contribution < -0.4 is 0 Å². The van der Waals surface area contributed by atoms with Crippen LogP contribution >= 0.6 is 0 Å². The van der Waals surface area contributed by atoms with Crippen LogP contribution in [0.15, 0.2) is 11.6 Å². The molecule has 0 saturated heterocycles. The van der Waals surface area contributed by atoms with E-state index in [-0.39, 0.29) is 10.8 Å². The summed E-state index contributed by atoms with van der Waals surface area (Å²) in [5, 5.41) is 31.0. The highest BCUT2D eigenvalue weighted by molar-refractivity contribution is 5.65. The van der Waals surface area contributed by atoms with Crippen molar-refractivity contribution in [3.8, 4) is 0 Å². The van der Waals surface area contributed by atoms with Crippen molar-refractivity contribution in [1.29, 1.82) is 0 Å². The van der Waals surface area contributed by atoms with Crippen molar-refractivity contribution in [3.63, 3.8) is 0 Å². The summed E-state index contributed by atoms with van der Waals surface area (Å²) in [6, 6.07) is 0. The van der Waals surface area contributed by atoms with Crippen LogP contribution in [-0.4, -0.2) is 33.0 Å². The third-order valence-corrected chi connectivity index (χ3v) is 8.55. The van der Waals surface area contributed by atoms with Crippen LogP contribution in [0.3, 0.4) is 0 Å². The van der Waals surface area contributed by atoms with Gasteiger partial charge in [0.25, 0.3) is 0 Å². The number of aldehydes is 1. The Morgan fingerprint density at radius 2 is 1.75 bits per heavy atom. The minimum Gasteiger partial charge on any atom is -0.382 e. The highest BCUT2D eigenvalue weighted by Gasteiger charge is 2.64. The van der Waals surface area contributed by atoms with Crippen molar-refractivity contribution in [2.75, 3.05) is 0 Å². The molecule has 0 unspecified atom stereocenters. The number of allylic oxidation sites excluding steroid dienone is 1. The minimum absolute atomic E-state index is 0.0427. The smallest absolute Gasteiger partial charge is 0.166 e. The van der Waals surface area contributed by atoms with Gasteiger partial charge in [-0.15, -0.1) is 0 Å². The number of rotatable bonds is 1. The van der Waals surface area contributed by atoms with E-state index in [1.807, 2.05) is 0 Å². The summed E-state index contributed by atoms with van der Waals surface area (Å²) < 4.78 is 0. The number of aliphatic hydroxyl groups is 3. The first-order valence-corrected chi connectivity index (χ1v) is 9.48. The molecule has 0 aromatic carbocycles. The van der Waals surface area contributed by atoms with Gasteiger partial charge in [0.15, 0.2) is 12.1 Å². The second-order valence-corrected chi connectivity index (χ2v) is 9.46. The zero-order valence-corrected chi connectivity index (χ0v) is 14.8. The first-order chi connectivity index (χ1) is 11.2. The molecule has 4 aliphatic carbocycles. The zero-order chi connectivity index (χ0) is 17.4. The van der Waals surface area contributed by atoms with Crippen molar-refractivity contribution in [2.45, 2.75) is 76.6 Å². The normalized spacial score (nSPS) is 52.7. The maximum absolute atomic E-state index is 11.6. The highest BCUT2D eigenvalue weighted by Crippen LogP contribution is 2.67. The average molecular weight is 334 g/mol. The van der Waals surface area contributed by atoms with Crippen molar-refractivity contribution in [3.05, 3.63) is 11.6 Å². The second-order valence-electron chi connectivity index (χ2n) is 9.46. The lowest BCUT2D eigenvalue weighted by molar-refractivity contribution is -0.190. The summed E-state index contributed by atoms with van der Waals surface area (Å²) in [5.74, 6) is -0.139. The minimum atomic E-state index is -1.55. The molecule has 0 spiro atoms. The molecule has 0 aromatic heterocycles. The zero-order valence-electron chi connectivity index (χ0n) is 14.8. The Hall–Kier alpha value is -0.710. The van der Waals surface area contributed by atoms with E-state index in [0.29, 0.717) is 37.0 Å². The van der Waals surface area contributed by atoms with Gasteiger partial charge in [-0.05, 0) is 61.7 Å². The van der Waals surface area contributed by atoms with Crippen LogP contribution in [0.4, 0.5) is 0 Å². The molecule has 3 N–H and O–H groups in total. The van der Waals surface area contributed by atoms with Gasteiger partial charge in [0.2, 0.25) is 0 Å². The van der Waals surface area contributed by atoms with Crippen LogP contribution in [0.2, 0.25) is 0 Å². The third kappa shape index (κ3) is 1.99. The maximum atomic E-state index is 11.6. The molecule has 0 bridgehead atoms. The predicted molar refractivity (Wildman–Crippen MR) is 89.9 cm³/mol. The molecule has 4 rings (SSSR count). The van der Waals surface area contributed by atoms with Gasteiger partial charge in [-0.3, -0.25) is 0 Å². The molecule has 3 saturated carbocycles. The average Bonchev–Trinajstić information content (AvgIpc) is 2.80. The fourth-order valence-electron chi connectivity index (χ4n) is 6.88. The number of hydrogen-bond donors (Lipinski definition) is 3. The van der Waals surface area contributed by atoms with E-state index < -0.39 is 11.4 Å². The first kappa shape index (κ1) is 16.7. The van der Waals surface area contributed by atoms with Crippen LogP contribution in [0, 0.1) is 28.6 Å². The molecule has 4 aliphatic rings. The SMILES string of the molecule is C[C@]12CCC(O)(O)CC1=CC[C@@H]1[C@@H]2CC[C@@]2(C)[C@H]1CC[C@]2(O)C=O. The summed E-state index contributed by atoms with van der Waals surface area (Å²) in [7, 11) is 0. The lowest BCUT2D eigenvalue weighted by Crippen LogP contribution is -2.55. The Kier molecular flexibility index (Phi) is 3.44. The number of carbonyl (C=O) groups excluding carboxylic acids is 1. The predicted octanol–water partition coefficient (Wildman–Crippen LogP) is 2.56. The Bertz CT molecular complexity index is 596. The second kappa shape index (κ2) is 4.93. The highest BCUT2D eigenvalue weighted by atomic mass is 16.5. The van der Waals surface area contributed by atoms with Gasteiger partial charge in [0.05, 0.1) is 0 Å². The van der Waals surface area contributed by atoms with E-state index in [9.17, 15) is 20.1 Å². The Morgan fingerprint density at radius 1 is 1.04 bits per heavy atom. The number of fused-ring (bicyclic) bond motifs is 5. The quantitative estimate of drug-likeness (QED) is 0.391. The molecule has 0 heterocycles. The van der Waals surface area contributed by atoms with Gasteiger partial charge in [0, 0.05) is 18.3 Å². The van der Waals surface area contributed by atoms with Gasteiger partial charge in [-0.25, -0.2) is 0 Å². The molecule has 0 radical (unpaired) electrons. The summed E-state index contributed by atoms with van der Waals surface area (Å²) >= 11 is 0. The van der Waals surface area contributed by atoms with Crippen LogP contribution in [0.1, 0.15) is 65.2 Å². The topological polar surface area (TPSA) is 77.8 Å². The van der Waals surface area contributed by atoms with Crippen molar-refractivity contribution < 1.29 is 20.1 Å². The van der Waals surface area contributed by atoms with Crippen LogP contribution in [0.5, 0.6) is 0 Å². The molecule has 134 valence electrons. The molecular formula is C20H30O4. The largest absolute Gasteiger partial charge is 0.382 e. The molecule has 0 amide bonds. The van der Waals surface area contributed by atoms with Gasteiger partial charge in [-0.1, -0.05) is 25.5 Å². The molecule has 0 aromatic rings. The molecule has 0 aliphatic heterocycles. The monoisotopic (exact) mass is 334 g/mol. The van der Waals surface area contributed by atoms with E-state index in [1.54, 1.807) is 0 Å². The summed E-state index contributed by atoms with van der Waals surface area (Å²) in [6.45, 7) is 4.42. The Labute approximate surface area is 144 Å². The molecule has 4 heteroatoms. The molecular weight excluding hydrogens is 304 g/mol. The van der Waals surface area contributed by atoms with Crippen molar-refractivity contribution >= 4 is 6.29 Å². The third-order valence-electron chi connectivity index (χ3n) is 8.55. The van der Waals surface area contributed by atoms with Crippen molar-refractivity contribution in [1.82, 2.24) is 0 Å². The van der Waals surface area contributed by atoms with Gasteiger partial charge >= 0.3 is 0 Å². The Balaban J connectivity index is 1.69. The standard InChI is InChI=1S/C20H30O4/c1-17-9-10-20(23,24)11-13(17)3-4-14-15(17)5-7-18(2)16(14)6-8-19(18,22)12-21/h3,12,14-16,22-24H,4-11H2,1-2H3/t14-,15+,16+,17+,18+,19+/m1/s1. The van der Waals surface area contributed by atoms with Crippen LogP contribution in [-0.2, 0) is 4.79 Å². The molecule has 6 atom stereocenters. The van der Waals surface area contributed by atoms with Gasteiger partial charge < -0.3 is 20.1 Å². The van der Waals surface area contributed by atoms with Gasteiger partial charge in [-0.2, -0.15) is 0 Å². The maximum Gasteiger partial charge on any atom is 0.166 e. The summed E-state index contributed by atoms with van der Waals surface area (Å²) in [4.78, 5) is 11.6. The van der Waals surface area contributed by atoms with Crippen molar-refractivity contribution in [2.24, 2.45) is 28.6 Å². The molecule has 24 heavy (non-hydrogen) atoms.